The summed E-state index contributed by atoms with van der Waals surface area (Å²) in [5, 5.41) is 16.7. The molecular weight excluding hydrogens is 437 g/mol. The monoisotopic (exact) mass is 457 g/mol. The van der Waals surface area contributed by atoms with Gasteiger partial charge in [0.1, 0.15) is 5.75 Å². The predicted octanol–water partition coefficient (Wildman–Crippen LogP) is 3.06. The van der Waals surface area contributed by atoms with Gasteiger partial charge in [-0.3, -0.25) is 15.1 Å². The van der Waals surface area contributed by atoms with Crippen molar-refractivity contribution >= 4 is 47.0 Å². The van der Waals surface area contributed by atoms with Crippen molar-refractivity contribution in [3.8, 4) is 5.75 Å². The number of nitro groups is 1. The second kappa shape index (κ2) is 10.3. The number of rotatable bonds is 7. The molecule has 0 unspecified atom stereocenters. The number of halogens is 1. The lowest BCUT2D eigenvalue weighted by molar-refractivity contribution is -0.384. The summed E-state index contributed by atoms with van der Waals surface area (Å²) in [7, 11) is 1.61. The van der Waals surface area contributed by atoms with Crippen LogP contribution in [0.5, 0.6) is 5.75 Å². The summed E-state index contributed by atoms with van der Waals surface area (Å²) >= 11 is 0. The Labute approximate surface area is 162 Å². The van der Waals surface area contributed by atoms with Gasteiger partial charge in [0.2, 0.25) is 0 Å². The molecular formula is C16H20IN5O3. The number of methoxy groups -OCH3 is 1. The fraction of sp³-hybridized carbons (Fsp3) is 0.188. The molecule has 0 fully saturated rings. The number of nitrogens with two attached hydrogens (primary N) is 1. The van der Waals surface area contributed by atoms with E-state index in [0.717, 1.165) is 17.1 Å². The molecule has 0 atom stereocenters. The highest BCUT2D eigenvalue weighted by Crippen LogP contribution is 2.15. The molecule has 4 N–H and O–H groups in total. The molecule has 9 heteroatoms. The second-order valence-corrected chi connectivity index (χ2v) is 4.85. The van der Waals surface area contributed by atoms with E-state index in [4.69, 9.17) is 10.5 Å². The average molecular weight is 457 g/mol. The molecule has 25 heavy (non-hydrogen) atoms. The minimum atomic E-state index is -0.431. The van der Waals surface area contributed by atoms with E-state index in [-0.39, 0.29) is 29.7 Å². The van der Waals surface area contributed by atoms with Gasteiger partial charge < -0.3 is 21.1 Å². The number of ether oxygens (including phenoxy) is 1. The van der Waals surface area contributed by atoms with Gasteiger partial charge in [0.05, 0.1) is 18.6 Å². The summed E-state index contributed by atoms with van der Waals surface area (Å²) in [6, 6.07) is 13.5. The van der Waals surface area contributed by atoms with E-state index in [2.05, 4.69) is 15.6 Å². The Bertz CT molecular complexity index is 705. The van der Waals surface area contributed by atoms with E-state index >= 15 is 0 Å². The molecule has 2 rings (SSSR count). The second-order valence-electron chi connectivity index (χ2n) is 4.85. The van der Waals surface area contributed by atoms with Crippen molar-refractivity contribution in [1.29, 1.82) is 0 Å². The van der Waals surface area contributed by atoms with E-state index in [1.54, 1.807) is 19.2 Å². The molecule has 134 valence electrons. The van der Waals surface area contributed by atoms with Gasteiger partial charge in [-0.25, -0.2) is 0 Å². The molecule has 0 radical (unpaired) electrons. The highest BCUT2D eigenvalue weighted by molar-refractivity contribution is 14.0. The van der Waals surface area contributed by atoms with Crippen LogP contribution in [0.1, 0.15) is 0 Å². The van der Waals surface area contributed by atoms with E-state index in [0.29, 0.717) is 19.0 Å². The van der Waals surface area contributed by atoms with Crippen LogP contribution in [0.3, 0.4) is 0 Å². The van der Waals surface area contributed by atoms with Crippen LogP contribution in [0.25, 0.3) is 0 Å². The number of anilines is 2. The van der Waals surface area contributed by atoms with Crippen LogP contribution in [-0.4, -0.2) is 31.1 Å². The van der Waals surface area contributed by atoms with Crippen molar-refractivity contribution in [1.82, 2.24) is 0 Å². The summed E-state index contributed by atoms with van der Waals surface area (Å²) in [6.07, 6.45) is 0. The molecule has 0 spiro atoms. The Morgan fingerprint density at radius 3 is 2.32 bits per heavy atom. The molecule has 0 aliphatic carbocycles. The van der Waals surface area contributed by atoms with Crippen LogP contribution in [0.4, 0.5) is 17.1 Å². The van der Waals surface area contributed by atoms with Gasteiger partial charge in [0.25, 0.3) is 5.69 Å². The SMILES string of the molecule is COc1ccc(NC(N)=NCCNc2ccc([N+](=O)[O-])cc2)cc1.I. The minimum Gasteiger partial charge on any atom is -0.497 e. The molecule has 0 aliphatic heterocycles. The third-order valence-corrected chi connectivity index (χ3v) is 3.16. The van der Waals surface area contributed by atoms with Gasteiger partial charge in [-0.15, -0.1) is 24.0 Å². The summed E-state index contributed by atoms with van der Waals surface area (Å²) in [5.74, 6) is 1.08. The van der Waals surface area contributed by atoms with Gasteiger partial charge in [-0.05, 0) is 36.4 Å². The van der Waals surface area contributed by atoms with Crippen molar-refractivity contribution in [2.24, 2.45) is 10.7 Å². The van der Waals surface area contributed by atoms with Gasteiger partial charge in [-0.2, -0.15) is 0 Å². The normalized spacial score (nSPS) is 10.5. The first-order valence-electron chi connectivity index (χ1n) is 7.28. The third-order valence-electron chi connectivity index (χ3n) is 3.16. The van der Waals surface area contributed by atoms with Crippen molar-refractivity contribution < 1.29 is 9.66 Å². The zero-order valence-corrected chi connectivity index (χ0v) is 16.0. The fourth-order valence-corrected chi connectivity index (χ4v) is 1.94. The van der Waals surface area contributed by atoms with E-state index in [1.807, 2.05) is 24.3 Å². The maximum absolute atomic E-state index is 10.6. The Kier molecular flexibility index (Phi) is 8.47. The predicted molar refractivity (Wildman–Crippen MR) is 110 cm³/mol. The van der Waals surface area contributed by atoms with Crippen LogP contribution < -0.4 is 21.1 Å². The molecule has 0 bridgehead atoms. The number of hydrogen-bond donors (Lipinski definition) is 3. The first-order chi connectivity index (χ1) is 11.6. The number of non-ortho nitro benzene ring substituents is 1. The number of guanidine groups is 1. The highest BCUT2D eigenvalue weighted by Gasteiger charge is 2.03. The number of nitro benzene ring substituents is 1. The van der Waals surface area contributed by atoms with Crippen LogP contribution in [0.2, 0.25) is 0 Å². The van der Waals surface area contributed by atoms with Gasteiger partial charge >= 0.3 is 0 Å². The first-order valence-corrected chi connectivity index (χ1v) is 7.28. The Morgan fingerprint density at radius 1 is 1.16 bits per heavy atom. The molecule has 0 saturated carbocycles. The lowest BCUT2D eigenvalue weighted by Gasteiger charge is -2.07. The standard InChI is InChI=1S/C16H19N5O3.HI/c1-24-15-8-4-13(5-9-15)20-16(17)19-11-10-18-12-2-6-14(7-3-12)21(22)23;/h2-9,18H,10-11H2,1H3,(H3,17,19,20);1H. The zero-order valence-electron chi connectivity index (χ0n) is 13.6. The zero-order chi connectivity index (χ0) is 17.4. The lowest BCUT2D eigenvalue weighted by atomic mass is 10.3. The van der Waals surface area contributed by atoms with Gasteiger partial charge in [0.15, 0.2) is 5.96 Å². The van der Waals surface area contributed by atoms with Crippen molar-refractivity contribution in [3.63, 3.8) is 0 Å². The molecule has 2 aromatic carbocycles. The quantitative estimate of drug-likeness (QED) is 0.147. The number of benzene rings is 2. The summed E-state index contributed by atoms with van der Waals surface area (Å²) in [4.78, 5) is 14.3. The topological polar surface area (TPSA) is 115 Å². The molecule has 0 saturated heterocycles. The van der Waals surface area contributed by atoms with Crippen LogP contribution in [0, 0.1) is 10.1 Å². The fourth-order valence-electron chi connectivity index (χ4n) is 1.94. The molecule has 2 aromatic rings. The molecule has 0 aromatic heterocycles. The largest absolute Gasteiger partial charge is 0.497 e. The van der Waals surface area contributed by atoms with Gasteiger partial charge in [-0.1, -0.05) is 0 Å². The molecule has 0 amide bonds. The van der Waals surface area contributed by atoms with Crippen LogP contribution in [0.15, 0.2) is 53.5 Å². The number of hydrogen-bond acceptors (Lipinski definition) is 5. The minimum absolute atomic E-state index is 0. The maximum Gasteiger partial charge on any atom is 0.269 e. The molecule has 8 nitrogen and oxygen atoms in total. The highest BCUT2D eigenvalue weighted by atomic mass is 127. The Morgan fingerprint density at radius 2 is 1.76 bits per heavy atom. The number of nitrogens with zero attached hydrogens (tertiary/aromatic N) is 2. The van der Waals surface area contributed by atoms with Crippen molar-refractivity contribution in [2.75, 3.05) is 30.8 Å². The van der Waals surface area contributed by atoms with E-state index in [9.17, 15) is 10.1 Å². The average Bonchev–Trinajstić information content (AvgIpc) is 2.60. The lowest BCUT2D eigenvalue weighted by Crippen LogP contribution is -2.23. The molecule has 0 heterocycles. The van der Waals surface area contributed by atoms with E-state index < -0.39 is 4.92 Å². The maximum atomic E-state index is 10.6. The van der Waals surface area contributed by atoms with Crippen molar-refractivity contribution in [2.45, 2.75) is 0 Å². The Balaban J connectivity index is 0.00000312. The van der Waals surface area contributed by atoms with Crippen LogP contribution in [-0.2, 0) is 0 Å². The molecule has 0 aliphatic rings. The smallest absolute Gasteiger partial charge is 0.269 e. The summed E-state index contributed by atoms with van der Waals surface area (Å²) in [5.41, 5.74) is 7.48. The van der Waals surface area contributed by atoms with Crippen molar-refractivity contribution in [3.05, 3.63) is 58.6 Å². The number of aliphatic imine (C=N–C) groups is 1. The van der Waals surface area contributed by atoms with Crippen LogP contribution >= 0.6 is 24.0 Å². The first kappa shape index (κ1) is 20.5. The summed E-state index contributed by atoms with van der Waals surface area (Å²) in [6.45, 7) is 1.02. The number of nitrogens with one attached hydrogen (secondary N) is 2. The van der Waals surface area contributed by atoms with E-state index in [1.165, 1.54) is 12.1 Å². The van der Waals surface area contributed by atoms with Gasteiger partial charge in [0, 0.05) is 30.1 Å². The Hall–Kier alpha value is -2.56. The third kappa shape index (κ3) is 6.83. The summed E-state index contributed by atoms with van der Waals surface area (Å²) < 4.78 is 5.08.